The second kappa shape index (κ2) is 14.2. The second-order valence-corrected chi connectivity index (χ2v) is 7.50. The number of nitrogens with zero attached hydrogens (tertiary/aromatic N) is 1. The molecule has 0 spiro atoms. The van der Waals surface area contributed by atoms with E-state index in [0.717, 1.165) is 49.5 Å². The van der Waals surface area contributed by atoms with Gasteiger partial charge in [-0.25, -0.2) is 0 Å². The Kier molecular flexibility index (Phi) is 11.3. The zero-order valence-electron chi connectivity index (χ0n) is 17.8. The van der Waals surface area contributed by atoms with Crippen LogP contribution in [-0.4, -0.2) is 25.3 Å². The Morgan fingerprint density at radius 1 is 0.750 bits per heavy atom. The molecule has 0 radical (unpaired) electrons. The first-order valence-corrected chi connectivity index (χ1v) is 11.0. The Bertz CT molecular complexity index is 622. The van der Waals surface area contributed by atoms with Crippen molar-refractivity contribution >= 4 is 0 Å². The van der Waals surface area contributed by atoms with Gasteiger partial charge in [-0.1, -0.05) is 57.9 Å². The summed E-state index contributed by atoms with van der Waals surface area (Å²) in [5.41, 5.74) is 3.39. The fraction of sp³-hybridized carbons (Fsp3) is 0.560. The van der Waals surface area contributed by atoms with Gasteiger partial charge in [0.15, 0.2) is 0 Å². The van der Waals surface area contributed by atoms with Gasteiger partial charge >= 0.3 is 0 Å². The molecule has 2 aromatic rings. The van der Waals surface area contributed by atoms with Crippen LogP contribution < -0.4 is 4.74 Å². The van der Waals surface area contributed by atoms with Crippen molar-refractivity contribution in [1.82, 2.24) is 4.98 Å². The lowest BCUT2D eigenvalue weighted by atomic mass is 10.1. The van der Waals surface area contributed by atoms with Crippen LogP contribution >= 0.6 is 0 Å². The van der Waals surface area contributed by atoms with Crippen molar-refractivity contribution in [2.24, 2.45) is 0 Å². The molecule has 3 nitrogen and oxygen atoms in total. The lowest BCUT2D eigenvalue weighted by Crippen LogP contribution is -1.97. The number of pyridine rings is 1. The smallest absolute Gasteiger partial charge is 0.119 e. The fourth-order valence-electron chi connectivity index (χ4n) is 3.31. The van der Waals surface area contributed by atoms with Gasteiger partial charge in [0.05, 0.1) is 12.3 Å². The number of rotatable bonds is 15. The number of aryl methyl sites for hydroxylation is 1. The number of aromatic nitrogens is 1. The molecule has 0 amide bonds. The summed E-state index contributed by atoms with van der Waals surface area (Å²) in [5.74, 6) is 0.947. The summed E-state index contributed by atoms with van der Waals surface area (Å²) >= 11 is 0. The molecule has 0 aliphatic heterocycles. The molecule has 0 fully saturated rings. The molecule has 3 heteroatoms. The average Bonchev–Trinajstić information content (AvgIpc) is 2.74. The summed E-state index contributed by atoms with van der Waals surface area (Å²) in [4.78, 5) is 4.60. The molecule has 0 N–H and O–H groups in total. The summed E-state index contributed by atoms with van der Waals surface area (Å²) in [6.07, 6.45) is 14.6. The average molecular weight is 384 g/mol. The summed E-state index contributed by atoms with van der Waals surface area (Å²) in [5, 5.41) is 0. The van der Waals surface area contributed by atoms with Gasteiger partial charge in [0, 0.05) is 25.5 Å². The lowest BCUT2D eigenvalue weighted by Gasteiger charge is -2.08. The Balaban J connectivity index is 1.66. The molecule has 0 atom stereocenters. The molecule has 0 saturated heterocycles. The number of hydrogen-bond acceptors (Lipinski definition) is 3. The zero-order valence-corrected chi connectivity index (χ0v) is 17.8. The minimum atomic E-state index is 0.794. The van der Waals surface area contributed by atoms with E-state index in [2.05, 4.69) is 36.2 Å². The van der Waals surface area contributed by atoms with Crippen LogP contribution in [0.25, 0.3) is 11.3 Å². The third kappa shape index (κ3) is 8.88. The highest BCUT2D eigenvalue weighted by atomic mass is 16.5. The van der Waals surface area contributed by atoms with Gasteiger partial charge < -0.3 is 9.47 Å². The normalized spacial score (nSPS) is 10.9. The lowest BCUT2D eigenvalue weighted by molar-refractivity contribution is 0.195. The quantitative estimate of drug-likeness (QED) is 0.315. The molecule has 1 aromatic carbocycles. The van der Waals surface area contributed by atoms with Crippen LogP contribution in [0.15, 0.2) is 42.6 Å². The van der Waals surface area contributed by atoms with E-state index < -0.39 is 0 Å². The number of methoxy groups -OCH3 is 1. The summed E-state index contributed by atoms with van der Waals surface area (Å²) in [7, 11) is 1.74. The number of benzene rings is 1. The molecule has 154 valence electrons. The summed E-state index contributed by atoms with van der Waals surface area (Å²) in [6.45, 7) is 3.87. The topological polar surface area (TPSA) is 31.4 Å². The summed E-state index contributed by atoms with van der Waals surface area (Å²) in [6, 6.07) is 12.5. The van der Waals surface area contributed by atoms with Gasteiger partial charge in [0.25, 0.3) is 0 Å². The molecular weight excluding hydrogens is 346 g/mol. The first kappa shape index (κ1) is 22.4. The number of unbranched alkanes of at least 4 members (excludes halogenated alkanes) is 7. The minimum absolute atomic E-state index is 0.794. The van der Waals surface area contributed by atoms with E-state index in [0.29, 0.717) is 0 Å². The van der Waals surface area contributed by atoms with Crippen molar-refractivity contribution in [1.29, 1.82) is 0 Å². The van der Waals surface area contributed by atoms with E-state index in [9.17, 15) is 0 Å². The molecule has 0 aliphatic carbocycles. The third-order valence-corrected chi connectivity index (χ3v) is 5.06. The van der Waals surface area contributed by atoms with E-state index in [4.69, 9.17) is 9.47 Å². The molecule has 0 bridgehead atoms. The second-order valence-electron chi connectivity index (χ2n) is 7.50. The van der Waals surface area contributed by atoms with Gasteiger partial charge in [-0.2, -0.15) is 0 Å². The van der Waals surface area contributed by atoms with Crippen LogP contribution in [0.2, 0.25) is 0 Å². The van der Waals surface area contributed by atoms with Crippen molar-refractivity contribution in [2.45, 2.75) is 71.1 Å². The van der Waals surface area contributed by atoms with E-state index in [1.807, 2.05) is 18.3 Å². The fourth-order valence-corrected chi connectivity index (χ4v) is 3.31. The monoisotopic (exact) mass is 383 g/mol. The first-order chi connectivity index (χ1) is 13.8. The van der Waals surface area contributed by atoms with Gasteiger partial charge in [0.2, 0.25) is 0 Å². The standard InChI is InChI=1S/C25H37NO2/c1-3-4-5-6-7-8-9-10-20-28-24-16-14-23(15-17-24)25-18-13-22(21-26-25)12-11-19-27-2/h13-18,21H,3-12,19-20H2,1-2H3. The van der Waals surface area contributed by atoms with Crippen LogP contribution in [0, 0.1) is 0 Å². The van der Waals surface area contributed by atoms with Crippen molar-refractivity contribution in [3.8, 4) is 17.0 Å². The van der Waals surface area contributed by atoms with E-state index in [1.165, 1.54) is 50.5 Å². The highest BCUT2D eigenvalue weighted by molar-refractivity contribution is 5.60. The molecule has 1 aromatic heterocycles. The Labute approximate surface area is 171 Å². The van der Waals surface area contributed by atoms with Crippen LogP contribution in [-0.2, 0) is 11.2 Å². The first-order valence-electron chi connectivity index (χ1n) is 11.0. The van der Waals surface area contributed by atoms with E-state index in [1.54, 1.807) is 7.11 Å². The highest BCUT2D eigenvalue weighted by Gasteiger charge is 2.02. The maximum absolute atomic E-state index is 5.88. The van der Waals surface area contributed by atoms with Crippen molar-refractivity contribution in [3.63, 3.8) is 0 Å². The molecule has 1 heterocycles. The predicted molar refractivity (Wildman–Crippen MR) is 118 cm³/mol. The van der Waals surface area contributed by atoms with Crippen molar-refractivity contribution in [2.75, 3.05) is 20.3 Å². The molecular formula is C25H37NO2. The minimum Gasteiger partial charge on any atom is -0.494 e. The van der Waals surface area contributed by atoms with Crippen LogP contribution in [0.1, 0.15) is 70.3 Å². The Morgan fingerprint density at radius 3 is 2.11 bits per heavy atom. The van der Waals surface area contributed by atoms with Gasteiger partial charge in [-0.3, -0.25) is 4.98 Å². The van der Waals surface area contributed by atoms with Crippen molar-refractivity contribution in [3.05, 3.63) is 48.2 Å². The molecule has 0 unspecified atom stereocenters. The van der Waals surface area contributed by atoms with E-state index in [-0.39, 0.29) is 0 Å². The number of ether oxygens (including phenoxy) is 2. The maximum atomic E-state index is 5.88. The zero-order chi connectivity index (χ0) is 19.9. The molecule has 0 saturated carbocycles. The van der Waals surface area contributed by atoms with Crippen molar-refractivity contribution < 1.29 is 9.47 Å². The Morgan fingerprint density at radius 2 is 1.46 bits per heavy atom. The Hall–Kier alpha value is -1.87. The maximum Gasteiger partial charge on any atom is 0.119 e. The third-order valence-electron chi connectivity index (χ3n) is 5.06. The van der Waals surface area contributed by atoms with Crippen LogP contribution in [0.3, 0.4) is 0 Å². The van der Waals surface area contributed by atoms with Crippen LogP contribution in [0.4, 0.5) is 0 Å². The van der Waals surface area contributed by atoms with Gasteiger partial charge in [0.1, 0.15) is 5.75 Å². The molecule has 28 heavy (non-hydrogen) atoms. The predicted octanol–water partition coefficient (Wildman–Crippen LogP) is 6.85. The van der Waals surface area contributed by atoms with E-state index >= 15 is 0 Å². The van der Waals surface area contributed by atoms with Crippen LogP contribution in [0.5, 0.6) is 5.75 Å². The van der Waals surface area contributed by atoms with Gasteiger partial charge in [-0.15, -0.1) is 0 Å². The van der Waals surface area contributed by atoms with Gasteiger partial charge in [-0.05, 0) is 55.2 Å². The molecule has 0 aliphatic rings. The SMILES string of the molecule is CCCCCCCCCCOc1ccc(-c2ccc(CCCOC)cn2)cc1. The largest absolute Gasteiger partial charge is 0.494 e. The summed E-state index contributed by atoms with van der Waals surface area (Å²) < 4.78 is 11.0. The highest BCUT2D eigenvalue weighted by Crippen LogP contribution is 2.21. The number of hydrogen-bond donors (Lipinski definition) is 0. The molecule has 2 rings (SSSR count).